The smallest absolute Gasteiger partial charge is 0.397 e. The molecule has 0 saturated carbocycles. The average molecular weight is 608 g/mol. The van der Waals surface area contributed by atoms with Gasteiger partial charge < -0.3 is 23.2 Å². The Balaban J connectivity index is 1.61. The summed E-state index contributed by atoms with van der Waals surface area (Å²) in [6.07, 6.45) is 0. The minimum absolute atomic E-state index is 0.0400. The summed E-state index contributed by atoms with van der Waals surface area (Å²) in [6, 6.07) is 12.8. The molecule has 0 bridgehead atoms. The van der Waals surface area contributed by atoms with Crippen LogP contribution >= 0.6 is 17.6 Å². The lowest BCUT2D eigenvalue weighted by molar-refractivity contribution is -0.0441. The molecule has 1 aliphatic heterocycles. The van der Waals surface area contributed by atoms with Gasteiger partial charge in [-0.05, 0) is 44.9 Å². The molecular formula is C33H53O6P2+. The molecule has 0 radical (unpaired) electrons. The first-order valence-corrected chi connectivity index (χ1v) is 16.5. The van der Waals surface area contributed by atoms with E-state index in [4.69, 9.17) is 22.6 Å². The molecule has 1 unspecified atom stereocenters. The van der Waals surface area contributed by atoms with E-state index in [1.54, 1.807) is 0 Å². The summed E-state index contributed by atoms with van der Waals surface area (Å²) < 4.78 is 30.5. The van der Waals surface area contributed by atoms with E-state index in [2.05, 4.69) is 113 Å². The SMILES string of the molecule is CC(C)(C)c1ccc(O[PH2+]OCC2(CO)COP(Oc3ccc(C(C)(C)C)cc3C(C)(C)C)OC2)c(C(C)(C)C)c1. The second-order valence-corrected chi connectivity index (χ2v) is 17.4. The van der Waals surface area contributed by atoms with Crippen LogP contribution in [0.4, 0.5) is 0 Å². The zero-order valence-electron chi connectivity index (χ0n) is 27.3. The molecule has 0 aromatic heterocycles. The van der Waals surface area contributed by atoms with Gasteiger partial charge in [0.15, 0.2) is 5.75 Å². The highest BCUT2D eigenvalue weighted by molar-refractivity contribution is 7.42. The van der Waals surface area contributed by atoms with Gasteiger partial charge in [0, 0.05) is 11.1 Å². The predicted octanol–water partition coefficient (Wildman–Crippen LogP) is 8.84. The van der Waals surface area contributed by atoms with Crippen molar-refractivity contribution in [2.75, 3.05) is 26.4 Å². The first-order valence-electron chi connectivity index (χ1n) is 14.5. The zero-order valence-corrected chi connectivity index (χ0v) is 29.4. The van der Waals surface area contributed by atoms with Crippen LogP contribution in [0.25, 0.3) is 0 Å². The molecule has 41 heavy (non-hydrogen) atoms. The molecule has 3 rings (SSSR count). The largest absolute Gasteiger partial charge is 0.426 e. The van der Waals surface area contributed by atoms with Gasteiger partial charge in [-0.1, -0.05) is 107 Å². The minimum Gasteiger partial charge on any atom is -0.426 e. The molecule has 2 aromatic carbocycles. The Hall–Kier alpha value is -1.26. The third-order valence-corrected chi connectivity index (χ3v) is 9.08. The van der Waals surface area contributed by atoms with Crippen LogP contribution < -0.4 is 9.05 Å². The monoisotopic (exact) mass is 607 g/mol. The number of hydrogen-bond acceptors (Lipinski definition) is 6. The van der Waals surface area contributed by atoms with Crippen LogP contribution in [0.3, 0.4) is 0 Å². The van der Waals surface area contributed by atoms with Crippen LogP contribution in [0, 0.1) is 5.41 Å². The highest BCUT2D eigenvalue weighted by Crippen LogP contribution is 2.50. The lowest BCUT2D eigenvalue weighted by Crippen LogP contribution is -2.42. The number of hydrogen-bond donors (Lipinski definition) is 1. The summed E-state index contributed by atoms with van der Waals surface area (Å²) in [5.74, 6) is 1.62. The molecule has 1 N–H and O–H groups in total. The van der Waals surface area contributed by atoms with Gasteiger partial charge >= 0.3 is 8.60 Å². The van der Waals surface area contributed by atoms with E-state index in [0.29, 0.717) is 0 Å². The van der Waals surface area contributed by atoms with E-state index in [9.17, 15) is 5.11 Å². The van der Waals surface area contributed by atoms with Crippen molar-refractivity contribution in [3.8, 4) is 11.5 Å². The first-order chi connectivity index (χ1) is 18.7. The molecule has 1 saturated heterocycles. The van der Waals surface area contributed by atoms with E-state index >= 15 is 0 Å². The molecule has 1 atom stereocenters. The standard InChI is InChI=1S/C33H53O6P2/c1-29(2,3)23-13-15-27(25(17-23)31(7,8)9)38-40-35-20-33(19-34)21-36-41(37-22-33)39-28-16-14-24(30(4,5)6)18-26(28)32(10,11)12/h13-18,34H,19-22,40H2,1-12H3/q+1. The van der Waals surface area contributed by atoms with Crippen LogP contribution in [-0.2, 0) is 35.2 Å². The molecule has 1 fully saturated rings. The molecule has 8 heteroatoms. The van der Waals surface area contributed by atoms with Crippen molar-refractivity contribution in [2.45, 2.75) is 105 Å². The maximum atomic E-state index is 10.2. The van der Waals surface area contributed by atoms with E-state index in [-0.39, 0.29) is 48.1 Å². The maximum absolute atomic E-state index is 10.2. The Bertz CT molecular complexity index is 1150. The minimum atomic E-state index is -1.59. The molecule has 0 amide bonds. The van der Waals surface area contributed by atoms with Crippen molar-refractivity contribution in [2.24, 2.45) is 5.41 Å². The van der Waals surface area contributed by atoms with Crippen molar-refractivity contribution in [3.05, 3.63) is 58.7 Å². The predicted molar refractivity (Wildman–Crippen MR) is 173 cm³/mol. The van der Waals surface area contributed by atoms with E-state index in [0.717, 1.165) is 22.6 Å². The van der Waals surface area contributed by atoms with Gasteiger partial charge in [-0.15, -0.1) is 0 Å². The van der Waals surface area contributed by atoms with Gasteiger partial charge in [-0.25, -0.2) is 4.52 Å². The Morgan fingerprint density at radius 1 is 0.732 bits per heavy atom. The fourth-order valence-electron chi connectivity index (χ4n) is 4.46. The molecule has 0 aliphatic carbocycles. The van der Waals surface area contributed by atoms with Gasteiger partial charge in [-0.3, -0.25) is 0 Å². The molecule has 230 valence electrons. The van der Waals surface area contributed by atoms with Crippen molar-refractivity contribution in [1.29, 1.82) is 0 Å². The van der Waals surface area contributed by atoms with Gasteiger partial charge in [0.1, 0.15) is 12.4 Å². The highest BCUT2D eigenvalue weighted by Gasteiger charge is 2.41. The molecule has 1 heterocycles. The molecule has 6 nitrogen and oxygen atoms in total. The van der Waals surface area contributed by atoms with Gasteiger partial charge in [0.2, 0.25) is 0 Å². The van der Waals surface area contributed by atoms with Crippen LogP contribution in [-0.4, -0.2) is 31.5 Å². The first kappa shape index (κ1) is 34.2. The van der Waals surface area contributed by atoms with Crippen molar-refractivity contribution >= 4 is 17.6 Å². The van der Waals surface area contributed by atoms with E-state index in [1.165, 1.54) is 11.1 Å². The molecule has 2 aromatic rings. The van der Waals surface area contributed by atoms with Gasteiger partial charge in [0.05, 0.1) is 25.2 Å². The van der Waals surface area contributed by atoms with Crippen molar-refractivity contribution in [3.63, 3.8) is 0 Å². The summed E-state index contributed by atoms with van der Waals surface area (Å²) >= 11 is 0. The molecule has 0 spiro atoms. The maximum Gasteiger partial charge on any atom is 0.397 e. The summed E-state index contributed by atoms with van der Waals surface area (Å²) in [4.78, 5) is 0. The Kier molecular flexibility index (Phi) is 10.7. The third-order valence-electron chi connectivity index (χ3n) is 7.40. The molecular weight excluding hydrogens is 554 g/mol. The topological polar surface area (TPSA) is 66.4 Å². The molecule has 1 aliphatic rings. The van der Waals surface area contributed by atoms with Crippen LogP contribution in [0.5, 0.6) is 11.5 Å². The Morgan fingerprint density at radius 3 is 1.63 bits per heavy atom. The fourth-order valence-corrected chi connectivity index (χ4v) is 6.51. The second kappa shape index (κ2) is 12.8. The number of aliphatic hydroxyl groups excluding tert-OH is 1. The van der Waals surface area contributed by atoms with Gasteiger partial charge in [-0.2, -0.15) is 0 Å². The van der Waals surface area contributed by atoms with Crippen LogP contribution in [0.15, 0.2) is 36.4 Å². The number of rotatable bonds is 8. The van der Waals surface area contributed by atoms with E-state index < -0.39 is 23.1 Å². The fraction of sp³-hybridized carbons (Fsp3) is 0.636. The normalized spacial score (nSPS) is 21.0. The third kappa shape index (κ3) is 9.12. The lowest BCUT2D eigenvalue weighted by atomic mass is 9.80. The summed E-state index contributed by atoms with van der Waals surface area (Å²) in [7, 11) is -2.37. The number of aliphatic hydroxyl groups is 1. The lowest BCUT2D eigenvalue weighted by Gasteiger charge is -2.36. The van der Waals surface area contributed by atoms with Crippen LogP contribution in [0.1, 0.15) is 105 Å². The zero-order chi connectivity index (χ0) is 30.9. The van der Waals surface area contributed by atoms with Crippen LogP contribution in [0.2, 0.25) is 0 Å². The quantitative estimate of drug-likeness (QED) is 0.239. The van der Waals surface area contributed by atoms with Crippen molar-refractivity contribution < 1.29 is 27.7 Å². The van der Waals surface area contributed by atoms with E-state index in [1.807, 2.05) is 6.07 Å². The Labute approximate surface area is 251 Å². The highest BCUT2D eigenvalue weighted by atomic mass is 31.2. The summed E-state index contributed by atoms with van der Waals surface area (Å²) in [5.41, 5.74) is 4.08. The number of benzene rings is 2. The Morgan fingerprint density at radius 2 is 1.20 bits per heavy atom. The summed E-state index contributed by atoms with van der Waals surface area (Å²) in [6.45, 7) is 27.1. The second-order valence-electron chi connectivity index (χ2n) is 15.5. The van der Waals surface area contributed by atoms with Gasteiger partial charge in [0.25, 0.3) is 9.03 Å². The summed E-state index contributed by atoms with van der Waals surface area (Å²) in [5, 5.41) is 10.2. The average Bonchev–Trinajstić information content (AvgIpc) is 2.85. The van der Waals surface area contributed by atoms with Crippen molar-refractivity contribution in [1.82, 2.24) is 0 Å².